The van der Waals surface area contributed by atoms with E-state index in [0.29, 0.717) is 16.1 Å². The third-order valence-electron chi connectivity index (χ3n) is 2.68. The highest BCUT2D eigenvalue weighted by molar-refractivity contribution is 6.31. The molecule has 2 rings (SSSR count). The number of alkyl halides is 3. The van der Waals surface area contributed by atoms with Gasteiger partial charge in [-0.2, -0.15) is 13.2 Å². The Hall–Kier alpha value is -1.52. The third-order valence-corrected chi connectivity index (χ3v) is 2.90. The van der Waals surface area contributed by atoms with Crippen LogP contribution in [0.5, 0.6) is 0 Å². The van der Waals surface area contributed by atoms with Crippen molar-refractivity contribution >= 4 is 11.6 Å². The minimum atomic E-state index is -4.43. The van der Waals surface area contributed by atoms with Crippen LogP contribution in [0.2, 0.25) is 5.02 Å². The molecule has 0 radical (unpaired) electrons. The van der Waals surface area contributed by atoms with Crippen LogP contribution >= 0.6 is 11.6 Å². The summed E-state index contributed by atoms with van der Waals surface area (Å²) >= 11 is 5.85. The topological polar surface area (TPSA) is 20.2 Å². The minimum absolute atomic E-state index is 0.0483. The highest BCUT2D eigenvalue weighted by atomic mass is 35.5. The zero-order valence-electron chi connectivity index (χ0n) is 9.71. The molecule has 0 bridgehead atoms. The third kappa shape index (κ3) is 3.08. The van der Waals surface area contributed by atoms with Crippen molar-refractivity contribution in [1.29, 1.82) is 0 Å². The summed E-state index contributed by atoms with van der Waals surface area (Å²) in [5.41, 5.74) is 0.136. The highest BCUT2D eigenvalue weighted by Gasteiger charge is 2.33. The molecule has 5 heteroatoms. The van der Waals surface area contributed by atoms with Gasteiger partial charge in [0, 0.05) is 5.02 Å². The molecule has 19 heavy (non-hydrogen) atoms. The van der Waals surface area contributed by atoms with Crippen molar-refractivity contribution in [2.45, 2.75) is 12.8 Å². The van der Waals surface area contributed by atoms with E-state index in [4.69, 9.17) is 16.7 Å². The maximum atomic E-state index is 12.9. The summed E-state index contributed by atoms with van der Waals surface area (Å²) in [5, 5.41) is 9.37. The molecule has 1 nitrogen and oxygen atoms in total. The van der Waals surface area contributed by atoms with Crippen LogP contribution in [0.25, 0.3) is 11.1 Å². The van der Waals surface area contributed by atoms with Crippen molar-refractivity contribution in [3.8, 4) is 11.1 Å². The van der Waals surface area contributed by atoms with E-state index < -0.39 is 11.7 Å². The molecule has 0 atom stereocenters. The number of aliphatic hydroxyl groups is 1. The van der Waals surface area contributed by atoms with Gasteiger partial charge >= 0.3 is 6.18 Å². The molecule has 0 spiro atoms. The fraction of sp³-hybridized carbons (Fsp3) is 0.143. The van der Waals surface area contributed by atoms with Crippen LogP contribution in [0.15, 0.2) is 42.5 Å². The molecular formula is C14H10ClF3O. The van der Waals surface area contributed by atoms with Gasteiger partial charge in [0.2, 0.25) is 0 Å². The average Bonchev–Trinajstić information content (AvgIpc) is 2.37. The fourth-order valence-corrected chi connectivity index (χ4v) is 2.14. The molecule has 0 heterocycles. The van der Waals surface area contributed by atoms with Gasteiger partial charge in [0.15, 0.2) is 0 Å². The van der Waals surface area contributed by atoms with E-state index in [2.05, 4.69) is 0 Å². The number of rotatable bonds is 2. The van der Waals surface area contributed by atoms with E-state index in [0.717, 1.165) is 6.07 Å². The standard InChI is InChI=1S/C14H10ClF3O/c15-11-6-9(8-19)5-10(7-11)12-3-1-2-4-13(12)14(16,17)18/h1-7,19H,8H2. The Morgan fingerprint density at radius 3 is 2.37 bits per heavy atom. The first-order valence-corrected chi connectivity index (χ1v) is 5.86. The van der Waals surface area contributed by atoms with Crippen molar-refractivity contribution in [2.75, 3.05) is 0 Å². The fourth-order valence-electron chi connectivity index (χ4n) is 1.88. The van der Waals surface area contributed by atoms with Crippen LogP contribution in [0.3, 0.4) is 0 Å². The first-order chi connectivity index (χ1) is 8.91. The lowest BCUT2D eigenvalue weighted by Gasteiger charge is -2.13. The van der Waals surface area contributed by atoms with E-state index in [-0.39, 0.29) is 12.2 Å². The molecule has 0 saturated carbocycles. The van der Waals surface area contributed by atoms with Crippen molar-refractivity contribution in [3.05, 3.63) is 58.6 Å². The van der Waals surface area contributed by atoms with Gasteiger partial charge < -0.3 is 5.11 Å². The van der Waals surface area contributed by atoms with Crippen molar-refractivity contribution in [3.63, 3.8) is 0 Å². The smallest absolute Gasteiger partial charge is 0.392 e. The summed E-state index contributed by atoms with van der Waals surface area (Å²) in [6.45, 7) is -0.276. The van der Waals surface area contributed by atoms with Gasteiger partial charge in [-0.15, -0.1) is 0 Å². The van der Waals surface area contributed by atoms with E-state index in [1.807, 2.05) is 0 Å². The van der Waals surface area contributed by atoms with Crippen LogP contribution in [0.4, 0.5) is 13.2 Å². The summed E-state index contributed by atoms with van der Waals surface area (Å²) in [6, 6.07) is 9.74. The molecule has 0 saturated heterocycles. The maximum absolute atomic E-state index is 12.9. The molecule has 1 N–H and O–H groups in total. The van der Waals surface area contributed by atoms with Crippen LogP contribution in [-0.2, 0) is 12.8 Å². The first kappa shape index (κ1) is 13.9. The average molecular weight is 287 g/mol. The molecule has 0 fully saturated rings. The van der Waals surface area contributed by atoms with E-state index in [1.165, 1.54) is 36.4 Å². The van der Waals surface area contributed by atoms with Gasteiger partial charge in [0.05, 0.1) is 12.2 Å². The molecule has 0 aliphatic heterocycles. The van der Waals surface area contributed by atoms with Crippen molar-refractivity contribution in [1.82, 2.24) is 0 Å². The number of aliphatic hydroxyl groups excluding tert-OH is 1. The molecule has 0 aliphatic carbocycles. The Bertz CT molecular complexity index is 593. The van der Waals surface area contributed by atoms with Gasteiger partial charge in [-0.25, -0.2) is 0 Å². The van der Waals surface area contributed by atoms with Crippen LogP contribution in [0, 0.1) is 0 Å². The maximum Gasteiger partial charge on any atom is 0.417 e. The first-order valence-electron chi connectivity index (χ1n) is 5.49. The van der Waals surface area contributed by atoms with Crippen LogP contribution < -0.4 is 0 Å². The lowest BCUT2D eigenvalue weighted by atomic mass is 9.98. The lowest BCUT2D eigenvalue weighted by Crippen LogP contribution is -2.06. The second-order valence-electron chi connectivity index (χ2n) is 4.05. The molecule has 2 aromatic rings. The van der Waals surface area contributed by atoms with Gasteiger partial charge in [-0.3, -0.25) is 0 Å². The molecule has 0 aromatic heterocycles. The van der Waals surface area contributed by atoms with E-state index >= 15 is 0 Å². The Morgan fingerprint density at radius 2 is 1.74 bits per heavy atom. The lowest BCUT2D eigenvalue weighted by molar-refractivity contribution is -0.137. The van der Waals surface area contributed by atoms with Crippen molar-refractivity contribution in [2.24, 2.45) is 0 Å². The molecule has 100 valence electrons. The highest BCUT2D eigenvalue weighted by Crippen LogP contribution is 2.37. The molecule has 0 amide bonds. The number of benzene rings is 2. The second kappa shape index (κ2) is 5.23. The Morgan fingerprint density at radius 1 is 1.05 bits per heavy atom. The number of halogens is 4. The largest absolute Gasteiger partial charge is 0.417 e. The van der Waals surface area contributed by atoms with Crippen LogP contribution in [-0.4, -0.2) is 5.11 Å². The zero-order valence-corrected chi connectivity index (χ0v) is 10.5. The van der Waals surface area contributed by atoms with E-state index in [9.17, 15) is 13.2 Å². The Labute approximate surface area is 113 Å². The molecule has 0 aliphatic rings. The van der Waals surface area contributed by atoms with Crippen LogP contribution in [0.1, 0.15) is 11.1 Å². The SMILES string of the molecule is OCc1cc(Cl)cc(-c2ccccc2C(F)(F)F)c1. The summed E-state index contributed by atoms with van der Waals surface area (Å²) in [7, 11) is 0. The Balaban J connectivity index is 2.62. The molecule has 0 unspecified atom stereocenters. The summed E-state index contributed by atoms with van der Waals surface area (Å²) in [5.74, 6) is 0. The molecule has 2 aromatic carbocycles. The van der Waals surface area contributed by atoms with E-state index in [1.54, 1.807) is 0 Å². The minimum Gasteiger partial charge on any atom is -0.392 e. The van der Waals surface area contributed by atoms with Gasteiger partial charge in [0.1, 0.15) is 0 Å². The van der Waals surface area contributed by atoms with Crippen molar-refractivity contribution < 1.29 is 18.3 Å². The number of hydrogen-bond acceptors (Lipinski definition) is 1. The number of hydrogen-bond donors (Lipinski definition) is 1. The summed E-state index contributed by atoms with van der Waals surface area (Å²) in [4.78, 5) is 0. The quantitative estimate of drug-likeness (QED) is 0.861. The van der Waals surface area contributed by atoms with Gasteiger partial charge in [-0.1, -0.05) is 29.8 Å². The van der Waals surface area contributed by atoms with Gasteiger partial charge in [-0.05, 0) is 41.0 Å². The normalized spacial score (nSPS) is 11.6. The predicted molar refractivity (Wildman–Crippen MR) is 67.8 cm³/mol. The monoisotopic (exact) mass is 286 g/mol. The predicted octanol–water partition coefficient (Wildman–Crippen LogP) is 4.52. The Kier molecular flexibility index (Phi) is 3.83. The zero-order chi connectivity index (χ0) is 14.0. The molecular weight excluding hydrogens is 277 g/mol. The summed E-state index contributed by atoms with van der Waals surface area (Å²) in [6.07, 6.45) is -4.43. The second-order valence-corrected chi connectivity index (χ2v) is 4.49. The summed E-state index contributed by atoms with van der Waals surface area (Å²) < 4.78 is 38.8. The van der Waals surface area contributed by atoms with Gasteiger partial charge in [0.25, 0.3) is 0 Å².